The van der Waals surface area contributed by atoms with Crippen LogP contribution in [0, 0.1) is 3.57 Å². The third kappa shape index (κ3) is 3.10. The molecule has 4 nitrogen and oxygen atoms in total. The third-order valence-corrected chi connectivity index (χ3v) is 2.95. The molecule has 0 fully saturated rings. The van der Waals surface area contributed by atoms with Gasteiger partial charge < -0.3 is 11.1 Å². The van der Waals surface area contributed by atoms with Crippen LogP contribution in [-0.4, -0.2) is 15.0 Å². The molecule has 2 aromatic rings. The molecule has 0 amide bonds. The number of thiocarbonyl (C=S) groups is 1. The van der Waals surface area contributed by atoms with Crippen molar-refractivity contribution in [1.82, 2.24) is 9.97 Å². The number of anilines is 2. The summed E-state index contributed by atoms with van der Waals surface area (Å²) in [7, 11) is 0. The minimum atomic E-state index is 0.228. The summed E-state index contributed by atoms with van der Waals surface area (Å²) in [5.74, 6) is 0.571. The highest BCUT2D eigenvalue weighted by Crippen LogP contribution is 2.17. The Hall–Kier alpha value is -1.28. The molecule has 1 aromatic carbocycles. The Kier molecular flexibility index (Phi) is 3.85. The maximum atomic E-state index is 5.58. The summed E-state index contributed by atoms with van der Waals surface area (Å²) in [5.41, 5.74) is 7.00. The van der Waals surface area contributed by atoms with E-state index in [1.807, 2.05) is 24.3 Å². The summed E-state index contributed by atoms with van der Waals surface area (Å²) in [6, 6.07) is 7.92. The fraction of sp³-hybridized carbons (Fsp3) is 0. The first-order valence-electron chi connectivity index (χ1n) is 4.80. The van der Waals surface area contributed by atoms with Crippen molar-refractivity contribution in [2.24, 2.45) is 5.73 Å². The molecular weight excluding hydrogens is 347 g/mol. The molecule has 0 saturated heterocycles. The van der Waals surface area contributed by atoms with Crippen LogP contribution < -0.4 is 11.1 Å². The van der Waals surface area contributed by atoms with Gasteiger partial charge in [0.25, 0.3) is 0 Å². The molecule has 0 unspecified atom stereocenters. The molecule has 3 N–H and O–H groups in total. The van der Waals surface area contributed by atoms with Crippen LogP contribution in [0.2, 0.25) is 0 Å². The van der Waals surface area contributed by atoms with Gasteiger partial charge in [-0.05, 0) is 46.9 Å². The SMILES string of the molecule is NC(=S)c1nccnc1Nc1ccc(I)cc1. The van der Waals surface area contributed by atoms with Gasteiger partial charge in [-0.25, -0.2) is 9.97 Å². The monoisotopic (exact) mass is 356 g/mol. The van der Waals surface area contributed by atoms with Crippen molar-refractivity contribution in [3.63, 3.8) is 0 Å². The number of rotatable bonds is 3. The average molecular weight is 356 g/mol. The first-order chi connectivity index (χ1) is 8.16. The van der Waals surface area contributed by atoms with Crippen molar-refractivity contribution >= 4 is 51.3 Å². The lowest BCUT2D eigenvalue weighted by Gasteiger charge is -2.08. The molecule has 0 radical (unpaired) electrons. The van der Waals surface area contributed by atoms with Crippen molar-refractivity contribution in [2.45, 2.75) is 0 Å². The Morgan fingerprint density at radius 1 is 1.18 bits per heavy atom. The number of hydrogen-bond acceptors (Lipinski definition) is 4. The van der Waals surface area contributed by atoms with Gasteiger partial charge in [-0.3, -0.25) is 0 Å². The minimum Gasteiger partial charge on any atom is -0.388 e. The molecule has 0 atom stereocenters. The number of nitrogens with two attached hydrogens (primary N) is 1. The highest BCUT2D eigenvalue weighted by Gasteiger charge is 2.07. The van der Waals surface area contributed by atoms with Crippen LogP contribution in [0.1, 0.15) is 5.69 Å². The number of halogens is 1. The lowest BCUT2D eigenvalue weighted by molar-refractivity contribution is 1.18. The molecule has 0 bridgehead atoms. The van der Waals surface area contributed by atoms with Gasteiger partial charge in [0, 0.05) is 21.7 Å². The molecule has 0 aliphatic carbocycles. The molecule has 86 valence electrons. The van der Waals surface area contributed by atoms with Gasteiger partial charge >= 0.3 is 0 Å². The van der Waals surface area contributed by atoms with Gasteiger partial charge in [0.15, 0.2) is 5.82 Å². The van der Waals surface area contributed by atoms with Gasteiger partial charge in [-0.15, -0.1) is 0 Å². The number of hydrogen-bond donors (Lipinski definition) is 2. The van der Waals surface area contributed by atoms with E-state index in [-0.39, 0.29) is 4.99 Å². The molecular formula is C11H9IN4S. The standard InChI is InChI=1S/C11H9IN4S/c12-7-1-3-8(4-2-7)16-11-9(10(13)17)14-5-6-15-11/h1-6H,(H2,13,17)(H,15,16). The Labute approximate surface area is 118 Å². The molecule has 1 aromatic heterocycles. The highest BCUT2D eigenvalue weighted by atomic mass is 127. The van der Waals surface area contributed by atoms with Gasteiger partial charge in [-0.1, -0.05) is 12.2 Å². The second-order valence-corrected chi connectivity index (χ2v) is 4.94. The van der Waals surface area contributed by atoms with Crippen LogP contribution in [0.15, 0.2) is 36.7 Å². The Morgan fingerprint density at radius 3 is 2.47 bits per heavy atom. The van der Waals surface area contributed by atoms with E-state index in [1.54, 1.807) is 12.4 Å². The number of nitrogens with one attached hydrogen (secondary N) is 1. The van der Waals surface area contributed by atoms with E-state index in [9.17, 15) is 0 Å². The third-order valence-electron chi connectivity index (χ3n) is 2.04. The first kappa shape index (κ1) is 12.2. The lowest BCUT2D eigenvalue weighted by atomic mass is 10.3. The molecule has 1 heterocycles. The molecule has 6 heteroatoms. The van der Waals surface area contributed by atoms with Gasteiger partial charge in [0.2, 0.25) is 0 Å². The van der Waals surface area contributed by atoms with Crippen molar-refractivity contribution in [3.8, 4) is 0 Å². The molecule has 0 spiro atoms. The fourth-order valence-corrected chi connectivity index (χ4v) is 1.79. The summed E-state index contributed by atoms with van der Waals surface area (Å²) in [5, 5.41) is 3.14. The molecule has 0 saturated carbocycles. The van der Waals surface area contributed by atoms with Crippen LogP contribution in [0.3, 0.4) is 0 Å². The van der Waals surface area contributed by atoms with Crippen molar-refractivity contribution < 1.29 is 0 Å². The van der Waals surface area contributed by atoms with E-state index in [0.717, 1.165) is 5.69 Å². The lowest BCUT2D eigenvalue weighted by Crippen LogP contribution is -2.14. The summed E-state index contributed by atoms with van der Waals surface area (Å²) in [4.78, 5) is 8.50. The number of benzene rings is 1. The van der Waals surface area contributed by atoms with Crippen molar-refractivity contribution in [2.75, 3.05) is 5.32 Å². The minimum absolute atomic E-state index is 0.228. The van der Waals surface area contributed by atoms with E-state index >= 15 is 0 Å². The topological polar surface area (TPSA) is 63.8 Å². The fourth-order valence-electron chi connectivity index (χ4n) is 1.28. The van der Waals surface area contributed by atoms with Crippen LogP contribution in [-0.2, 0) is 0 Å². The zero-order chi connectivity index (χ0) is 12.3. The molecule has 2 rings (SSSR count). The maximum Gasteiger partial charge on any atom is 0.159 e. The smallest absolute Gasteiger partial charge is 0.159 e. The Bertz CT molecular complexity index is 541. The van der Waals surface area contributed by atoms with Crippen LogP contribution >= 0.6 is 34.8 Å². The van der Waals surface area contributed by atoms with Crippen LogP contribution in [0.4, 0.5) is 11.5 Å². The molecule has 0 aliphatic rings. The quantitative estimate of drug-likeness (QED) is 0.654. The van der Waals surface area contributed by atoms with Crippen LogP contribution in [0.5, 0.6) is 0 Å². The predicted octanol–water partition coefficient (Wildman–Crippen LogP) is 2.46. The summed E-state index contributed by atoms with van der Waals surface area (Å²) >= 11 is 7.17. The molecule has 17 heavy (non-hydrogen) atoms. The van der Waals surface area contributed by atoms with E-state index < -0.39 is 0 Å². The van der Waals surface area contributed by atoms with Gasteiger partial charge in [-0.2, -0.15) is 0 Å². The first-order valence-corrected chi connectivity index (χ1v) is 6.29. The zero-order valence-electron chi connectivity index (χ0n) is 8.72. The zero-order valence-corrected chi connectivity index (χ0v) is 11.7. The summed E-state index contributed by atoms with van der Waals surface area (Å²) in [6.07, 6.45) is 3.16. The van der Waals surface area contributed by atoms with E-state index in [2.05, 4.69) is 37.9 Å². The second-order valence-electron chi connectivity index (χ2n) is 3.25. The highest BCUT2D eigenvalue weighted by molar-refractivity contribution is 14.1. The normalized spacial score (nSPS) is 9.94. The number of aromatic nitrogens is 2. The van der Waals surface area contributed by atoms with Crippen molar-refractivity contribution in [1.29, 1.82) is 0 Å². The molecule has 0 aliphatic heterocycles. The van der Waals surface area contributed by atoms with E-state index in [1.165, 1.54) is 3.57 Å². The van der Waals surface area contributed by atoms with E-state index in [4.69, 9.17) is 18.0 Å². The maximum absolute atomic E-state index is 5.58. The van der Waals surface area contributed by atoms with E-state index in [0.29, 0.717) is 11.5 Å². The van der Waals surface area contributed by atoms with Crippen LogP contribution in [0.25, 0.3) is 0 Å². The Balaban J connectivity index is 2.30. The largest absolute Gasteiger partial charge is 0.388 e. The number of nitrogens with zero attached hydrogens (tertiary/aromatic N) is 2. The van der Waals surface area contributed by atoms with Gasteiger partial charge in [0.1, 0.15) is 10.7 Å². The second kappa shape index (κ2) is 5.37. The summed E-state index contributed by atoms with van der Waals surface area (Å²) < 4.78 is 1.17. The summed E-state index contributed by atoms with van der Waals surface area (Å²) in [6.45, 7) is 0. The van der Waals surface area contributed by atoms with Crippen molar-refractivity contribution in [3.05, 3.63) is 45.9 Å². The Morgan fingerprint density at radius 2 is 1.82 bits per heavy atom. The average Bonchev–Trinajstić information content (AvgIpc) is 2.32. The van der Waals surface area contributed by atoms with Gasteiger partial charge in [0.05, 0.1) is 0 Å². The predicted molar refractivity (Wildman–Crippen MR) is 80.4 cm³/mol.